The van der Waals surface area contributed by atoms with Crippen LogP contribution in [0, 0.1) is 11.3 Å². The van der Waals surface area contributed by atoms with Gasteiger partial charge in [0.25, 0.3) is 0 Å². The molecule has 20 heavy (non-hydrogen) atoms. The second kappa shape index (κ2) is 9.04. The molecule has 120 valence electrons. The Morgan fingerprint density at radius 1 is 1.00 bits per heavy atom. The van der Waals surface area contributed by atoms with E-state index in [9.17, 15) is 0 Å². The summed E-state index contributed by atoms with van der Waals surface area (Å²) in [6.07, 6.45) is 8.19. The fourth-order valence-corrected chi connectivity index (χ4v) is 3.36. The molecule has 0 spiro atoms. The molecular weight excluding hydrogens is 244 g/mol. The molecule has 1 aliphatic rings. The second-order valence-corrected chi connectivity index (χ2v) is 7.38. The molecule has 1 atom stereocenters. The van der Waals surface area contributed by atoms with Crippen molar-refractivity contribution in [3.63, 3.8) is 0 Å². The first-order valence-corrected chi connectivity index (χ1v) is 8.97. The van der Waals surface area contributed by atoms with Crippen LogP contribution in [0.3, 0.4) is 0 Å². The summed E-state index contributed by atoms with van der Waals surface area (Å²) in [5, 5.41) is 3.69. The highest BCUT2D eigenvalue weighted by molar-refractivity contribution is 4.84. The first-order chi connectivity index (χ1) is 9.51. The van der Waals surface area contributed by atoms with Gasteiger partial charge in [-0.2, -0.15) is 0 Å². The predicted octanol–water partition coefficient (Wildman–Crippen LogP) is 4.30. The minimum atomic E-state index is 0.661. The topological polar surface area (TPSA) is 15.3 Å². The molecule has 1 N–H and O–H groups in total. The first kappa shape index (κ1) is 18.0. The molecule has 0 aromatic rings. The van der Waals surface area contributed by atoms with Crippen LogP contribution in [0.1, 0.15) is 73.1 Å². The molecule has 1 heterocycles. The Kier molecular flexibility index (Phi) is 8.13. The molecular formula is C18H38N2. The number of likely N-dealkylation sites (tertiary alicyclic amines) is 1. The van der Waals surface area contributed by atoms with E-state index in [4.69, 9.17) is 0 Å². The van der Waals surface area contributed by atoms with E-state index in [2.05, 4.69) is 44.8 Å². The van der Waals surface area contributed by atoms with Crippen molar-refractivity contribution >= 4 is 0 Å². The van der Waals surface area contributed by atoms with Gasteiger partial charge in [0, 0.05) is 19.1 Å². The van der Waals surface area contributed by atoms with Crippen LogP contribution in [0.25, 0.3) is 0 Å². The first-order valence-electron chi connectivity index (χ1n) is 8.97. The third kappa shape index (κ3) is 6.13. The molecule has 0 aromatic carbocycles. The molecule has 1 aliphatic heterocycles. The van der Waals surface area contributed by atoms with Gasteiger partial charge >= 0.3 is 0 Å². The largest absolute Gasteiger partial charge is 0.313 e. The van der Waals surface area contributed by atoms with E-state index in [1.54, 1.807) is 0 Å². The molecule has 0 radical (unpaired) electrons. The normalized spacial score (nSPS) is 21.3. The number of hydrogen-bond donors (Lipinski definition) is 1. The average Bonchev–Trinajstić information content (AvgIpc) is 2.46. The van der Waals surface area contributed by atoms with Crippen molar-refractivity contribution in [2.24, 2.45) is 11.3 Å². The molecule has 0 amide bonds. The van der Waals surface area contributed by atoms with Crippen molar-refractivity contribution in [3.05, 3.63) is 0 Å². The minimum absolute atomic E-state index is 0.661. The smallest absolute Gasteiger partial charge is 0.0107 e. The number of hydrogen-bond acceptors (Lipinski definition) is 2. The fraction of sp³-hybridized carbons (Fsp3) is 1.00. The second-order valence-electron chi connectivity index (χ2n) is 7.38. The Morgan fingerprint density at radius 3 is 2.10 bits per heavy atom. The lowest BCUT2D eigenvalue weighted by Crippen LogP contribution is -2.43. The summed E-state index contributed by atoms with van der Waals surface area (Å²) in [6.45, 7) is 16.7. The van der Waals surface area contributed by atoms with Crippen molar-refractivity contribution in [1.29, 1.82) is 0 Å². The summed E-state index contributed by atoms with van der Waals surface area (Å²) >= 11 is 0. The third-order valence-corrected chi connectivity index (χ3v) is 5.51. The van der Waals surface area contributed by atoms with E-state index in [1.807, 2.05) is 0 Å². The van der Waals surface area contributed by atoms with Gasteiger partial charge in [0.05, 0.1) is 0 Å². The van der Waals surface area contributed by atoms with Gasteiger partial charge in [-0.25, -0.2) is 0 Å². The maximum absolute atomic E-state index is 3.69. The van der Waals surface area contributed by atoms with Crippen LogP contribution in [0.5, 0.6) is 0 Å². The zero-order valence-corrected chi connectivity index (χ0v) is 14.7. The number of nitrogens with one attached hydrogen (secondary N) is 1. The van der Waals surface area contributed by atoms with Crippen molar-refractivity contribution in [2.75, 3.05) is 26.2 Å². The molecule has 0 aliphatic carbocycles. The minimum Gasteiger partial charge on any atom is -0.313 e. The van der Waals surface area contributed by atoms with Crippen LogP contribution >= 0.6 is 0 Å². The van der Waals surface area contributed by atoms with Gasteiger partial charge in [0.2, 0.25) is 0 Å². The van der Waals surface area contributed by atoms with Crippen molar-refractivity contribution < 1.29 is 0 Å². The molecule has 0 aromatic heterocycles. The van der Waals surface area contributed by atoms with E-state index < -0.39 is 0 Å². The van der Waals surface area contributed by atoms with Crippen LogP contribution in [0.2, 0.25) is 0 Å². The third-order valence-electron chi connectivity index (χ3n) is 5.51. The van der Waals surface area contributed by atoms with E-state index in [0.29, 0.717) is 11.5 Å². The average molecular weight is 283 g/mol. The highest BCUT2D eigenvalue weighted by Gasteiger charge is 2.30. The van der Waals surface area contributed by atoms with Gasteiger partial charge in [-0.3, -0.25) is 0 Å². The van der Waals surface area contributed by atoms with E-state index >= 15 is 0 Å². The van der Waals surface area contributed by atoms with Gasteiger partial charge < -0.3 is 10.2 Å². The molecule has 2 nitrogen and oxygen atoms in total. The molecule has 1 saturated heterocycles. The number of nitrogens with zero attached hydrogens (tertiary/aromatic N) is 1. The quantitative estimate of drug-likeness (QED) is 0.678. The van der Waals surface area contributed by atoms with Crippen LogP contribution in [0.4, 0.5) is 0 Å². The lowest BCUT2D eigenvalue weighted by molar-refractivity contribution is 0.0955. The lowest BCUT2D eigenvalue weighted by Gasteiger charge is -2.41. The predicted molar refractivity (Wildman–Crippen MR) is 90.2 cm³/mol. The fourth-order valence-electron chi connectivity index (χ4n) is 3.36. The Hall–Kier alpha value is -0.0800. The van der Waals surface area contributed by atoms with Gasteiger partial charge in [-0.1, -0.05) is 40.5 Å². The molecule has 0 bridgehead atoms. The van der Waals surface area contributed by atoms with Crippen molar-refractivity contribution in [2.45, 2.75) is 79.2 Å². The summed E-state index contributed by atoms with van der Waals surface area (Å²) in [5.74, 6) is 0.831. The highest BCUT2D eigenvalue weighted by atomic mass is 15.1. The number of piperidine rings is 1. The maximum Gasteiger partial charge on any atom is 0.0107 e. The van der Waals surface area contributed by atoms with Crippen molar-refractivity contribution in [3.8, 4) is 0 Å². The van der Waals surface area contributed by atoms with Gasteiger partial charge in [0.15, 0.2) is 0 Å². The van der Waals surface area contributed by atoms with Crippen LogP contribution in [-0.2, 0) is 0 Å². The summed E-state index contributed by atoms with van der Waals surface area (Å²) in [5.41, 5.74) is 0.661. The Balaban J connectivity index is 2.12. The van der Waals surface area contributed by atoms with Crippen LogP contribution < -0.4 is 5.32 Å². The zero-order valence-electron chi connectivity index (χ0n) is 14.7. The van der Waals surface area contributed by atoms with Crippen molar-refractivity contribution in [1.82, 2.24) is 10.2 Å². The lowest BCUT2D eigenvalue weighted by atomic mass is 9.74. The van der Waals surface area contributed by atoms with E-state index in [1.165, 1.54) is 58.2 Å². The molecule has 1 unspecified atom stereocenters. The highest BCUT2D eigenvalue weighted by Crippen LogP contribution is 2.37. The Labute approximate surface area is 127 Å². The van der Waals surface area contributed by atoms with E-state index in [0.717, 1.165) is 12.5 Å². The zero-order chi connectivity index (χ0) is 15.0. The summed E-state index contributed by atoms with van der Waals surface area (Å²) < 4.78 is 0. The Bertz CT molecular complexity index is 236. The van der Waals surface area contributed by atoms with E-state index in [-0.39, 0.29) is 0 Å². The SMILES string of the molecule is CCC1(CC)CCN(CCNC(C)CCC(C)C)CC1. The van der Waals surface area contributed by atoms with Gasteiger partial charge in [-0.15, -0.1) is 0 Å². The molecule has 1 fully saturated rings. The van der Waals surface area contributed by atoms with Gasteiger partial charge in [0.1, 0.15) is 0 Å². The maximum atomic E-state index is 3.69. The van der Waals surface area contributed by atoms with Crippen LogP contribution in [0.15, 0.2) is 0 Å². The summed E-state index contributed by atoms with van der Waals surface area (Å²) in [7, 11) is 0. The molecule has 1 rings (SSSR count). The summed E-state index contributed by atoms with van der Waals surface area (Å²) in [4.78, 5) is 2.66. The van der Waals surface area contributed by atoms with Gasteiger partial charge in [-0.05, 0) is 57.0 Å². The molecule has 0 saturated carbocycles. The molecule has 2 heteroatoms. The van der Waals surface area contributed by atoms with Crippen LogP contribution in [-0.4, -0.2) is 37.1 Å². The standard InChI is InChI=1S/C18H38N2/c1-6-18(7-2)10-13-20(14-11-18)15-12-19-17(5)9-8-16(3)4/h16-17,19H,6-15H2,1-5H3. The summed E-state index contributed by atoms with van der Waals surface area (Å²) in [6, 6.07) is 0.674. The monoisotopic (exact) mass is 282 g/mol. The Morgan fingerprint density at radius 2 is 1.60 bits per heavy atom. The number of rotatable bonds is 9.